The van der Waals surface area contributed by atoms with Crippen LogP contribution < -0.4 is 9.64 Å². The van der Waals surface area contributed by atoms with Gasteiger partial charge in [-0.1, -0.05) is 18.6 Å². The number of ether oxygens (including phenoxy) is 1. The molecule has 4 saturated heterocycles. The highest BCUT2D eigenvalue weighted by Gasteiger charge is 2.48. The number of amides is 1. The highest BCUT2D eigenvalue weighted by atomic mass is 19.1. The van der Waals surface area contributed by atoms with Crippen molar-refractivity contribution in [1.82, 2.24) is 24.8 Å². The third-order valence-electron chi connectivity index (χ3n) is 10.7. The van der Waals surface area contributed by atoms with Crippen LogP contribution in [0.3, 0.4) is 0 Å². The molecule has 2 aromatic heterocycles. The number of anilines is 1. The molecule has 12 heteroatoms. The van der Waals surface area contributed by atoms with Gasteiger partial charge in [0.15, 0.2) is 5.82 Å². The van der Waals surface area contributed by atoms with E-state index >= 15 is 4.39 Å². The summed E-state index contributed by atoms with van der Waals surface area (Å²) in [6.07, 6.45) is 12.2. The lowest BCUT2D eigenvalue weighted by atomic mass is 9.95. The molecular weight excluding hydrogens is 618 g/mol. The number of rotatable bonds is 6. The summed E-state index contributed by atoms with van der Waals surface area (Å²) in [5, 5.41) is 22.4. The second kappa shape index (κ2) is 11.4. The van der Waals surface area contributed by atoms with E-state index in [1.165, 1.54) is 36.5 Å². The molecule has 8 rings (SSSR count). The maximum atomic E-state index is 16.9. The molecule has 2 N–H and O–H groups in total. The number of aliphatic hydroxyl groups excluding tert-OH is 1. The molecule has 1 amide bonds. The molecule has 0 saturated carbocycles. The van der Waals surface area contributed by atoms with E-state index in [2.05, 4.69) is 27.4 Å². The number of phenolic OH excluding ortho intramolecular Hbond substituents is 1. The van der Waals surface area contributed by atoms with Crippen molar-refractivity contribution in [2.75, 3.05) is 37.7 Å². The number of hydrogen-bond acceptors (Lipinski definition) is 9. The summed E-state index contributed by atoms with van der Waals surface area (Å²) in [6, 6.07) is 4.58. The Labute approximate surface area is 275 Å². The van der Waals surface area contributed by atoms with E-state index in [4.69, 9.17) is 16.1 Å². The normalized spacial score (nSPS) is 23.1. The number of pyridine rings is 1. The quantitative estimate of drug-likeness (QED) is 0.234. The molecule has 2 bridgehead atoms. The summed E-state index contributed by atoms with van der Waals surface area (Å²) in [5.41, 5.74) is -0.316. The Morgan fingerprint density at radius 1 is 1.19 bits per heavy atom. The summed E-state index contributed by atoms with van der Waals surface area (Å²) in [4.78, 5) is 32.6. The number of hydrogen-bond donors (Lipinski definition) is 2. The number of piperazine rings is 1. The number of phenols is 1. The molecule has 2 aromatic carbocycles. The Kier molecular flexibility index (Phi) is 7.23. The van der Waals surface area contributed by atoms with Gasteiger partial charge in [0.25, 0.3) is 0 Å². The van der Waals surface area contributed by atoms with E-state index in [0.29, 0.717) is 36.2 Å². The Balaban J connectivity index is 1.27. The maximum Gasteiger partial charge on any atom is 0.319 e. The van der Waals surface area contributed by atoms with Crippen LogP contribution in [0.1, 0.15) is 37.7 Å². The molecule has 4 aliphatic rings. The van der Waals surface area contributed by atoms with E-state index in [9.17, 15) is 19.4 Å². The van der Waals surface area contributed by atoms with E-state index in [1.807, 2.05) is 4.90 Å². The number of aromatic hydroxyl groups is 1. The summed E-state index contributed by atoms with van der Waals surface area (Å²) < 4.78 is 38.1. The van der Waals surface area contributed by atoms with E-state index in [0.717, 1.165) is 38.8 Å². The minimum Gasteiger partial charge on any atom is -0.508 e. The van der Waals surface area contributed by atoms with Crippen LogP contribution in [-0.2, 0) is 4.79 Å². The zero-order valence-corrected chi connectivity index (χ0v) is 26.2. The molecule has 0 radical (unpaired) electrons. The number of benzene rings is 2. The zero-order chi connectivity index (χ0) is 33.3. The fraction of sp³-hybridized carbons (Fsp3) is 0.389. The van der Waals surface area contributed by atoms with Gasteiger partial charge in [-0.25, -0.2) is 8.78 Å². The number of aromatic nitrogens is 3. The first kappa shape index (κ1) is 30.5. The molecule has 4 aliphatic heterocycles. The molecule has 246 valence electrons. The lowest BCUT2D eigenvalue weighted by Crippen LogP contribution is -2.57. The van der Waals surface area contributed by atoms with Crippen molar-refractivity contribution in [3.8, 4) is 35.4 Å². The topological polar surface area (TPSA) is 115 Å². The van der Waals surface area contributed by atoms with Gasteiger partial charge >= 0.3 is 6.01 Å². The monoisotopic (exact) mass is 652 g/mol. The highest BCUT2D eigenvalue weighted by Crippen LogP contribution is 2.42. The van der Waals surface area contributed by atoms with Gasteiger partial charge in [0.05, 0.1) is 34.7 Å². The van der Waals surface area contributed by atoms with Crippen LogP contribution in [0.4, 0.5) is 14.6 Å². The number of fused-ring (bicyclic) bond motifs is 5. The Hall–Kier alpha value is -4.86. The maximum absolute atomic E-state index is 16.9. The number of carbonyl (C=O) groups excluding carboxylic acids is 1. The summed E-state index contributed by atoms with van der Waals surface area (Å²) in [5.74, 6) is 0.834. The average Bonchev–Trinajstić information content (AvgIpc) is 3.72. The number of nitrogens with zero attached hydrogens (tertiary/aromatic N) is 6. The summed E-state index contributed by atoms with van der Waals surface area (Å²) >= 11 is 0. The first-order chi connectivity index (χ1) is 23.2. The van der Waals surface area contributed by atoms with Crippen molar-refractivity contribution >= 4 is 33.4 Å². The van der Waals surface area contributed by atoms with Crippen molar-refractivity contribution in [1.29, 1.82) is 0 Å². The minimum absolute atomic E-state index is 0.00436. The molecule has 10 nitrogen and oxygen atoms in total. The van der Waals surface area contributed by atoms with Crippen molar-refractivity contribution in [2.24, 2.45) is 0 Å². The zero-order valence-electron chi connectivity index (χ0n) is 26.2. The molecule has 4 aromatic rings. The number of terminal acetylenes is 1. The molecule has 4 fully saturated rings. The van der Waals surface area contributed by atoms with Gasteiger partial charge < -0.3 is 24.7 Å². The van der Waals surface area contributed by atoms with Gasteiger partial charge in [0.1, 0.15) is 35.2 Å². The van der Waals surface area contributed by atoms with Crippen LogP contribution in [-0.4, -0.2) is 97.4 Å². The van der Waals surface area contributed by atoms with E-state index in [-0.39, 0.29) is 63.5 Å². The van der Waals surface area contributed by atoms with E-state index in [1.54, 1.807) is 4.90 Å². The molecule has 0 unspecified atom stereocenters. The van der Waals surface area contributed by atoms with Crippen LogP contribution in [0.2, 0.25) is 0 Å². The van der Waals surface area contributed by atoms with Gasteiger partial charge in [-0.15, -0.1) is 6.42 Å². The fourth-order valence-electron chi connectivity index (χ4n) is 8.48. The molecule has 48 heavy (non-hydrogen) atoms. The largest absolute Gasteiger partial charge is 0.508 e. The SMILES string of the molecule is C#Cc1c(F)ccc2cc(O)cc(-c3ncc4c(N5C[C@@H]6C[C@H](O)[C@H](C5)N6C(=O)C=C)nc(OCC56CCCN5CCC6)nc4c3F)c12. The molecule has 3 atom stereocenters. The van der Waals surface area contributed by atoms with Crippen molar-refractivity contribution in [2.45, 2.75) is 55.8 Å². The Bertz CT molecular complexity index is 2040. The Morgan fingerprint density at radius 2 is 1.98 bits per heavy atom. The smallest absolute Gasteiger partial charge is 0.319 e. The molecule has 0 aliphatic carbocycles. The standard InChI is InChI=1S/C36H34F2N6O4/c1-3-23-26(37)8-7-20-13-22(45)15-24(30(20)23)32-31(38)33-25(16-39-32)34(42-17-21-14-28(46)27(18-42)44(21)29(47)4-2)41-35(40-33)48-19-36-9-5-11-43(36)12-6-10-36/h1,4,7-8,13,15-16,21,27-28,45-46H,2,5-6,9-12,14,17-19H2/t21-,27-,28-/m0/s1. The predicted octanol–water partition coefficient (Wildman–Crippen LogP) is 4.15. The van der Waals surface area contributed by atoms with Crippen molar-refractivity contribution in [3.63, 3.8) is 0 Å². The van der Waals surface area contributed by atoms with E-state index < -0.39 is 23.8 Å². The number of halogens is 2. The first-order valence-electron chi connectivity index (χ1n) is 16.3. The second-order valence-corrected chi connectivity index (χ2v) is 13.3. The second-order valence-electron chi connectivity index (χ2n) is 13.3. The lowest BCUT2D eigenvalue weighted by molar-refractivity contribution is -0.130. The van der Waals surface area contributed by atoms with Gasteiger partial charge in [-0.2, -0.15) is 9.97 Å². The highest BCUT2D eigenvalue weighted by molar-refractivity contribution is 6.03. The van der Waals surface area contributed by atoms with Crippen molar-refractivity contribution in [3.05, 3.63) is 60.3 Å². The minimum atomic E-state index is -0.815. The van der Waals surface area contributed by atoms with Crippen LogP contribution >= 0.6 is 0 Å². The Morgan fingerprint density at radius 3 is 2.71 bits per heavy atom. The number of aliphatic hydroxyl groups is 1. The van der Waals surface area contributed by atoms with Crippen molar-refractivity contribution < 1.29 is 28.5 Å². The summed E-state index contributed by atoms with van der Waals surface area (Å²) in [6.45, 7) is 6.57. The fourth-order valence-corrected chi connectivity index (χ4v) is 8.48. The van der Waals surface area contributed by atoms with Gasteiger partial charge in [0, 0.05) is 30.2 Å². The van der Waals surface area contributed by atoms with Gasteiger partial charge in [-0.05, 0) is 74.9 Å². The third kappa shape index (κ3) is 4.67. The predicted molar refractivity (Wildman–Crippen MR) is 176 cm³/mol. The molecule has 6 heterocycles. The van der Waals surface area contributed by atoms with Gasteiger partial charge in [0.2, 0.25) is 5.91 Å². The molecule has 0 spiro atoms. The average molecular weight is 653 g/mol. The number of carbonyl (C=O) groups is 1. The molecular formula is C36H34F2N6O4. The third-order valence-corrected chi connectivity index (χ3v) is 10.7. The lowest BCUT2D eigenvalue weighted by Gasteiger charge is -2.41. The van der Waals surface area contributed by atoms with Crippen LogP contribution in [0.5, 0.6) is 11.8 Å². The van der Waals surface area contributed by atoms with Crippen LogP contribution in [0, 0.1) is 24.0 Å². The van der Waals surface area contributed by atoms with Crippen LogP contribution in [0.25, 0.3) is 32.9 Å². The summed E-state index contributed by atoms with van der Waals surface area (Å²) in [7, 11) is 0. The first-order valence-corrected chi connectivity index (χ1v) is 16.3. The van der Waals surface area contributed by atoms with Gasteiger partial charge in [-0.3, -0.25) is 14.7 Å². The van der Waals surface area contributed by atoms with Crippen LogP contribution in [0.15, 0.2) is 43.1 Å².